The third kappa shape index (κ3) is 2.33. The van der Waals surface area contributed by atoms with E-state index in [0.29, 0.717) is 0 Å². The summed E-state index contributed by atoms with van der Waals surface area (Å²) in [6, 6.07) is 0. The quantitative estimate of drug-likeness (QED) is 0.461. The number of rotatable bonds is 1. The van der Waals surface area contributed by atoms with Gasteiger partial charge in [-0.1, -0.05) is 0 Å². The molecule has 0 aliphatic heterocycles. The number of hydrogen-bond donors (Lipinski definition) is 0. The van der Waals surface area contributed by atoms with Crippen molar-refractivity contribution in [2.45, 2.75) is 6.43 Å². The maximum atomic E-state index is 10.8. The first-order chi connectivity index (χ1) is 2.64. The summed E-state index contributed by atoms with van der Waals surface area (Å²) in [4.78, 5) is 0. The van der Waals surface area contributed by atoms with Gasteiger partial charge in [-0.3, -0.25) is 0 Å². The van der Waals surface area contributed by atoms with Crippen LogP contribution in [0.3, 0.4) is 0 Å². The van der Waals surface area contributed by atoms with Crippen molar-refractivity contribution in [2.75, 3.05) is 0 Å². The number of halogens is 4. The Labute approximate surface area is 37.9 Å². The van der Waals surface area contributed by atoms with Crippen LogP contribution in [0.4, 0.5) is 13.2 Å². The summed E-state index contributed by atoms with van der Waals surface area (Å²) in [6.45, 7) is 0. The zero-order chi connectivity index (χ0) is 5.15. The summed E-state index contributed by atoms with van der Waals surface area (Å²) in [5.74, 6) is 0. The molecule has 6 heavy (non-hydrogen) atoms. The highest BCUT2D eigenvalue weighted by Crippen LogP contribution is 2.16. The van der Waals surface area contributed by atoms with Gasteiger partial charge in [-0.15, -0.1) is 0 Å². The lowest BCUT2D eigenvalue weighted by molar-refractivity contribution is 0.140. The van der Waals surface area contributed by atoms with Crippen molar-refractivity contribution in [1.82, 2.24) is 0 Å². The minimum absolute atomic E-state index is 1.85. The largest absolute Gasteiger partial charge is 0.434 e. The molecule has 0 nitrogen and oxygen atoms in total. The van der Waals surface area contributed by atoms with Gasteiger partial charge in [0.25, 0.3) is 0 Å². The van der Waals surface area contributed by atoms with Gasteiger partial charge in [0, 0.05) is 0 Å². The minimum Gasteiger partial charge on any atom is -0.434 e. The van der Waals surface area contributed by atoms with E-state index in [0.717, 1.165) is 0 Å². The first kappa shape index (κ1) is 6.08. The third-order valence-electron chi connectivity index (χ3n) is 0.165. The molecule has 0 aromatic carbocycles. The molecule has 0 unspecified atom stereocenters. The van der Waals surface area contributed by atoms with E-state index >= 15 is 0 Å². The fourth-order valence-electron chi connectivity index (χ4n) is 0. The van der Waals surface area contributed by atoms with Gasteiger partial charge < -0.3 is 16.0 Å². The van der Waals surface area contributed by atoms with E-state index in [2.05, 4.69) is 11.6 Å². The molecule has 0 N–H and O–H groups in total. The summed E-state index contributed by atoms with van der Waals surface area (Å²) in [6.07, 6.45) is -3.13. The first-order valence-electron chi connectivity index (χ1n) is 1.10. The van der Waals surface area contributed by atoms with Crippen LogP contribution in [-0.4, -0.2) is 6.43 Å². The van der Waals surface area contributed by atoms with E-state index in [1.165, 1.54) is 0 Å². The van der Waals surface area contributed by atoms with Gasteiger partial charge in [0.2, 0.25) is 0 Å². The van der Waals surface area contributed by atoms with E-state index in [1.807, 2.05) is 0 Å². The smallest absolute Gasteiger partial charge is 0.164 e. The molecule has 38 valence electrons. The second kappa shape index (κ2) is 2.29. The number of hydrogen-bond acceptors (Lipinski definition) is 0. The molecule has 0 atom stereocenters. The molecule has 0 aliphatic carbocycles. The molecule has 0 saturated heterocycles. The van der Waals surface area contributed by atoms with E-state index in [1.54, 1.807) is 0 Å². The predicted octanol–water partition coefficient (Wildman–Crippen LogP) is 1.95. The minimum atomic E-state index is -3.13. The molecular weight excluding hydrogens is 116 g/mol. The molecule has 0 spiro atoms. The fraction of sp³-hybridized carbons (Fsp3) is 0.500. The molecule has 4 heteroatoms. The second-order valence-electron chi connectivity index (χ2n) is 0.590. The van der Waals surface area contributed by atoms with E-state index < -0.39 is 12.1 Å². The van der Waals surface area contributed by atoms with Gasteiger partial charge in [0.1, 0.15) is 0 Å². The topological polar surface area (TPSA) is 0 Å². The monoisotopic (exact) mass is 117 g/mol. The average Bonchev–Trinajstić information content (AvgIpc) is 1.36. The van der Waals surface area contributed by atoms with Gasteiger partial charge >= 0.3 is 0 Å². The molecule has 0 aliphatic rings. The van der Waals surface area contributed by atoms with Crippen molar-refractivity contribution in [1.29, 1.82) is 0 Å². The summed E-state index contributed by atoms with van der Waals surface area (Å²) in [7, 11) is 0. The summed E-state index contributed by atoms with van der Waals surface area (Å²) in [5.41, 5.74) is -1.85. The summed E-state index contributed by atoms with van der Waals surface area (Å²) >= 11 is 4.11. The Hall–Kier alpha value is 0.0800. The van der Waals surface area contributed by atoms with Gasteiger partial charge in [-0.05, 0) is 5.63 Å². The van der Waals surface area contributed by atoms with Crippen LogP contribution in [0, 0.1) is 5.63 Å². The lowest BCUT2D eigenvalue weighted by atomic mass is 10.8. The lowest BCUT2D eigenvalue weighted by Crippen LogP contribution is -1.91. The Morgan fingerprint density at radius 3 is 1.67 bits per heavy atom. The van der Waals surface area contributed by atoms with Crippen LogP contribution >= 0.6 is 11.6 Å². The van der Waals surface area contributed by atoms with Crippen molar-refractivity contribution < 1.29 is 13.2 Å². The van der Waals surface area contributed by atoms with Crippen molar-refractivity contribution in [2.24, 2.45) is 0 Å². The molecule has 0 fully saturated rings. The van der Waals surface area contributed by atoms with E-state index in [-0.39, 0.29) is 0 Å². The van der Waals surface area contributed by atoms with Crippen LogP contribution in [0.5, 0.6) is 0 Å². The molecule has 0 rings (SSSR count). The molecule has 0 bridgehead atoms. The molecule has 0 aromatic heterocycles. The summed E-state index contributed by atoms with van der Waals surface area (Å²) < 4.78 is 32.0. The van der Waals surface area contributed by atoms with Crippen LogP contribution in [0.15, 0.2) is 0 Å². The van der Waals surface area contributed by atoms with Crippen LogP contribution in [-0.2, 0) is 0 Å². The molecule has 0 amide bonds. The summed E-state index contributed by atoms with van der Waals surface area (Å²) in [5, 5.41) is 0. The van der Waals surface area contributed by atoms with Gasteiger partial charge in [-0.25, -0.2) is 8.78 Å². The van der Waals surface area contributed by atoms with Crippen molar-refractivity contribution in [3.63, 3.8) is 0 Å². The Kier molecular flexibility index (Phi) is 2.32. The maximum absolute atomic E-state index is 10.8. The normalized spacial score (nSPS) is 11.0. The van der Waals surface area contributed by atoms with Crippen molar-refractivity contribution >= 4 is 11.6 Å². The molecule has 0 saturated carbocycles. The zero-order valence-corrected chi connectivity index (χ0v) is 3.35. The SMILES string of the molecule is F[C-](Cl)C(F)F. The van der Waals surface area contributed by atoms with Crippen LogP contribution in [0.25, 0.3) is 0 Å². The molecule has 0 radical (unpaired) electrons. The standard InChI is InChI=1S/C2HClF3/c3-1(4)2(5)6/h2H/q-1. The van der Waals surface area contributed by atoms with Crippen molar-refractivity contribution in [3.8, 4) is 0 Å². The predicted molar refractivity (Wildman–Crippen MR) is 16.2 cm³/mol. The molecule has 0 heterocycles. The Morgan fingerprint density at radius 2 is 1.67 bits per heavy atom. The van der Waals surface area contributed by atoms with Gasteiger partial charge in [-0.2, -0.15) is 0 Å². The molecular formula is C2HClF3-. The maximum Gasteiger partial charge on any atom is 0.164 e. The van der Waals surface area contributed by atoms with Crippen LogP contribution < -0.4 is 0 Å². The second-order valence-corrected chi connectivity index (χ2v) is 0.951. The Balaban J connectivity index is 2.99. The zero-order valence-electron chi connectivity index (χ0n) is 2.59. The number of alkyl halides is 2. The fourth-order valence-corrected chi connectivity index (χ4v) is 0. The molecule has 0 aromatic rings. The lowest BCUT2D eigenvalue weighted by Gasteiger charge is -2.07. The van der Waals surface area contributed by atoms with Crippen LogP contribution in [0.1, 0.15) is 0 Å². The highest BCUT2D eigenvalue weighted by Gasteiger charge is 1.97. The van der Waals surface area contributed by atoms with E-state index in [4.69, 9.17) is 0 Å². The van der Waals surface area contributed by atoms with Gasteiger partial charge in [0.15, 0.2) is 6.43 Å². The van der Waals surface area contributed by atoms with Gasteiger partial charge in [0.05, 0.1) is 0 Å². The third-order valence-corrected chi connectivity index (χ3v) is 0.330. The highest BCUT2D eigenvalue weighted by molar-refractivity contribution is 6.25. The van der Waals surface area contributed by atoms with Crippen molar-refractivity contribution in [3.05, 3.63) is 5.63 Å². The highest BCUT2D eigenvalue weighted by atomic mass is 35.5. The first-order valence-corrected chi connectivity index (χ1v) is 1.48. The Bertz CT molecular complexity index is 29.8. The average molecular weight is 117 g/mol. The Morgan fingerprint density at radius 1 is 1.50 bits per heavy atom. The van der Waals surface area contributed by atoms with Crippen LogP contribution in [0.2, 0.25) is 0 Å². The van der Waals surface area contributed by atoms with E-state index in [9.17, 15) is 13.2 Å².